The van der Waals surface area contributed by atoms with Crippen LogP contribution >= 0.6 is 0 Å². The van der Waals surface area contributed by atoms with E-state index in [9.17, 15) is 4.79 Å². The number of aromatic nitrogens is 2. The van der Waals surface area contributed by atoms with Crippen LogP contribution in [0.5, 0.6) is 0 Å². The van der Waals surface area contributed by atoms with Gasteiger partial charge in [-0.1, -0.05) is 12.1 Å². The number of nitriles is 1. The summed E-state index contributed by atoms with van der Waals surface area (Å²) in [4.78, 5) is 21.3. The lowest BCUT2D eigenvalue weighted by molar-refractivity contribution is 0.0941. The van der Waals surface area contributed by atoms with E-state index in [1.165, 1.54) is 6.21 Å². The molecule has 0 unspecified atom stereocenters. The average Bonchev–Trinajstić information content (AvgIpc) is 3.69. The van der Waals surface area contributed by atoms with Crippen molar-refractivity contribution in [3.8, 4) is 17.3 Å². The van der Waals surface area contributed by atoms with Crippen molar-refractivity contribution in [3.63, 3.8) is 0 Å². The lowest BCUT2D eigenvalue weighted by Crippen LogP contribution is -2.35. The second-order valence-electron chi connectivity index (χ2n) is 7.76. The van der Waals surface area contributed by atoms with Gasteiger partial charge in [-0.2, -0.15) is 5.26 Å². The van der Waals surface area contributed by atoms with E-state index in [4.69, 9.17) is 10.7 Å². The van der Waals surface area contributed by atoms with Gasteiger partial charge in [0.2, 0.25) is 5.95 Å². The number of aryl methyl sites for hydroxylation is 1. The molecule has 0 bridgehead atoms. The third kappa shape index (κ3) is 4.46. The summed E-state index contributed by atoms with van der Waals surface area (Å²) >= 11 is 0. The quantitative estimate of drug-likeness (QED) is 0.504. The van der Waals surface area contributed by atoms with Gasteiger partial charge < -0.3 is 21.4 Å². The maximum atomic E-state index is 12.4. The molecule has 2 aliphatic carbocycles. The second-order valence-corrected chi connectivity index (χ2v) is 7.76. The number of amides is 1. The highest BCUT2D eigenvalue weighted by atomic mass is 16.1. The van der Waals surface area contributed by atoms with Crippen molar-refractivity contribution in [2.75, 3.05) is 5.32 Å². The van der Waals surface area contributed by atoms with Gasteiger partial charge in [-0.15, -0.1) is 0 Å². The molecule has 1 heterocycles. The van der Waals surface area contributed by atoms with Gasteiger partial charge in [0, 0.05) is 35.8 Å². The molecule has 2 fully saturated rings. The van der Waals surface area contributed by atoms with Crippen LogP contribution in [-0.2, 0) is 0 Å². The van der Waals surface area contributed by atoms with E-state index in [0.29, 0.717) is 36.1 Å². The number of rotatable bonds is 8. The van der Waals surface area contributed by atoms with E-state index in [1.54, 1.807) is 24.5 Å². The molecule has 2 saturated carbocycles. The Morgan fingerprint density at radius 3 is 2.63 bits per heavy atom. The zero-order valence-corrected chi connectivity index (χ0v) is 16.7. The molecule has 4 rings (SSSR count). The van der Waals surface area contributed by atoms with Crippen LogP contribution < -0.4 is 16.0 Å². The first-order chi connectivity index (χ1) is 14.5. The van der Waals surface area contributed by atoms with Crippen LogP contribution in [0.1, 0.15) is 41.6 Å². The van der Waals surface area contributed by atoms with Crippen LogP contribution in [0.25, 0.3) is 11.3 Å². The number of hydrogen-bond acceptors (Lipinski definition) is 7. The van der Waals surface area contributed by atoms with Gasteiger partial charge >= 0.3 is 0 Å². The minimum atomic E-state index is -0.686. The van der Waals surface area contributed by atoms with Gasteiger partial charge in [0.1, 0.15) is 5.54 Å². The van der Waals surface area contributed by atoms with Gasteiger partial charge in [0.25, 0.3) is 5.91 Å². The normalized spacial score (nSPS) is 16.9. The summed E-state index contributed by atoms with van der Waals surface area (Å²) in [5.41, 5.74) is 2.90. The van der Waals surface area contributed by atoms with Gasteiger partial charge in [0.15, 0.2) is 0 Å². The topological polar surface area (TPSA) is 127 Å². The van der Waals surface area contributed by atoms with Crippen LogP contribution in [0.15, 0.2) is 42.4 Å². The van der Waals surface area contributed by atoms with Crippen LogP contribution in [0, 0.1) is 23.7 Å². The van der Waals surface area contributed by atoms with Crippen molar-refractivity contribution >= 4 is 18.1 Å². The number of nitrogens with one attached hydrogen (secondary N) is 4. The van der Waals surface area contributed by atoms with Gasteiger partial charge in [-0.3, -0.25) is 4.79 Å². The van der Waals surface area contributed by atoms with Crippen molar-refractivity contribution < 1.29 is 4.79 Å². The Kier molecular flexibility index (Phi) is 5.19. The van der Waals surface area contributed by atoms with Gasteiger partial charge in [-0.05, 0) is 50.3 Å². The monoisotopic (exact) mass is 401 g/mol. The number of allylic oxidation sites excluding steroid dienone is 1. The minimum absolute atomic E-state index is 0.244. The van der Waals surface area contributed by atoms with Gasteiger partial charge in [-0.25, -0.2) is 9.97 Å². The van der Waals surface area contributed by atoms with Crippen molar-refractivity contribution in [3.05, 3.63) is 53.5 Å². The molecule has 2 aromatic rings. The van der Waals surface area contributed by atoms with E-state index in [-0.39, 0.29) is 5.91 Å². The van der Waals surface area contributed by atoms with Crippen LogP contribution in [-0.4, -0.2) is 33.7 Å². The highest BCUT2D eigenvalue weighted by Crippen LogP contribution is 2.34. The van der Waals surface area contributed by atoms with Crippen LogP contribution in [0.4, 0.5) is 5.95 Å². The lowest BCUT2D eigenvalue weighted by Gasteiger charge is -2.11. The summed E-state index contributed by atoms with van der Waals surface area (Å²) < 4.78 is 0. The molecule has 0 atom stereocenters. The Morgan fingerprint density at radius 1 is 1.30 bits per heavy atom. The summed E-state index contributed by atoms with van der Waals surface area (Å²) in [6, 6.07) is 9.79. The molecule has 30 heavy (non-hydrogen) atoms. The van der Waals surface area contributed by atoms with E-state index < -0.39 is 5.54 Å². The summed E-state index contributed by atoms with van der Waals surface area (Å²) in [5, 5.41) is 25.8. The van der Waals surface area contributed by atoms with Crippen LogP contribution in [0.2, 0.25) is 0 Å². The fourth-order valence-electron chi connectivity index (χ4n) is 2.95. The molecule has 2 aliphatic rings. The molecule has 0 radical (unpaired) electrons. The minimum Gasteiger partial charge on any atom is -0.386 e. The number of carbonyl (C=O) groups is 1. The summed E-state index contributed by atoms with van der Waals surface area (Å²) in [7, 11) is 0. The predicted octanol–water partition coefficient (Wildman–Crippen LogP) is 2.89. The van der Waals surface area contributed by atoms with Crippen molar-refractivity contribution in [1.82, 2.24) is 20.6 Å². The summed E-state index contributed by atoms with van der Waals surface area (Å²) in [5.74, 6) is 0.153. The molecule has 1 amide bonds. The van der Waals surface area contributed by atoms with Gasteiger partial charge in [0.05, 0.1) is 17.5 Å². The molecule has 8 heteroatoms. The molecular formula is C22H23N7O. The molecule has 0 saturated heterocycles. The van der Waals surface area contributed by atoms with Crippen molar-refractivity contribution in [2.24, 2.45) is 0 Å². The number of nitrogens with zero attached hydrogens (tertiary/aromatic N) is 3. The van der Waals surface area contributed by atoms with E-state index in [2.05, 4.69) is 32.0 Å². The summed E-state index contributed by atoms with van der Waals surface area (Å²) in [6.45, 7) is 1.92. The smallest absolute Gasteiger partial charge is 0.252 e. The number of benzene rings is 1. The zero-order valence-electron chi connectivity index (χ0n) is 16.7. The van der Waals surface area contributed by atoms with E-state index in [1.807, 2.05) is 19.1 Å². The first-order valence-electron chi connectivity index (χ1n) is 9.93. The molecule has 4 N–H and O–H groups in total. The lowest BCUT2D eigenvalue weighted by atomic mass is 10.1. The molecule has 0 aliphatic heterocycles. The Morgan fingerprint density at radius 2 is 2.03 bits per heavy atom. The fourth-order valence-corrected chi connectivity index (χ4v) is 2.95. The first kappa shape index (κ1) is 19.6. The third-order valence-electron chi connectivity index (χ3n) is 5.17. The number of hydrogen-bond donors (Lipinski definition) is 4. The third-order valence-corrected chi connectivity index (χ3v) is 5.17. The Balaban J connectivity index is 1.49. The summed E-state index contributed by atoms with van der Waals surface area (Å²) in [6.07, 6.45) is 8.42. The Bertz CT molecular complexity index is 1040. The molecule has 1 aromatic heterocycles. The highest BCUT2D eigenvalue weighted by molar-refractivity contribution is 5.95. The largest absolute Gasteiger partial charge is 0.386 e. The average molecular weight is 401 g/mol. The van der Waals surface area contributed by atoms with E-state index >= 15 is 0 Å². The first-order valence-corrected chi connectivity index (χ1v) is 9.93. The molecule has 152 valence electrons. The predicted molar refractivity (Wildman–Crippen MR) is 114 cm³/mol. The van der Waals surface area contributed by atoms with Crippen molar-refractivity contribution in [1.29, 1.82) is 10.7 Å². The second kappa shape index (κ2) is 7.95. The van der Waals surface area contributed by atoms with Crippen molar-refractivity contribution in [2.45, 2.75) is 44.2 Å². The molecule has 1 aromatic carbocycles. The molecular weight excluding hydrogens is 378 g/mol. The zero-order chi connectivity index (χ0) is 21.1. The SMILES string of the molecule is Cc1cnc(N/C(C=N)=C/NC2CC2)nc1-c1ccc(C(=O)NC2(C#N)CC2)cc1. The Labute approximate surface area is 174 Å². The van der Waals surface area contributed by atoms with E-state index in [0.717, 1.165) is 29.7 Å². The number of anilines is 1. The fraction of sp³-hybridized carbons (Fsp3) is 0.318. The maximum absolute atomic E-state index is 12.4. The molecule has 8 nitrogen and oxygen atoms in total. The maximum Gasteiger partial charge on any atom is 0.252 e. The van der Waals surface area contributed by atoms with Crippen LogP contribution in [0.3, 0.4) is 0 Å². The Hall–Kier alpha value is -3.73. The number of carbonyl (C=O) groups excluding carboxylic acids is 1. The standard InChI is InChI=1S/C22H23N7O/c1-14-11-26-21(27-18(10-23)12-25-17-6-7-17)28-19(14)15-2-4-16(5-3-15)20(30)29-22(13-24)8-9-22/h2-5,10-12,17,23,25H,6-9H2,1H3,(H,29,30)(H,26,27,28)/b18-12+,23-10?. The molecule has 0 spiro atoms. The highest BCUT2D eigenvalue weighted by Gasteiger charge is 2.44.